The van der Waals surface area contributed by atoms with Crippen molar-refractivity contribution < 1.29 is 9.15 Å². The van der Waals surface area contributed by atoms with E-state index in [2.05, 4.69) is 23.3 Å². The molecule has 0 spiro atoms. The fraction of sp³-hybridized carbons (Fsp3) is 0.438. The van der Waals surface area contributed by atoms with Crippen molar-refractivity contribution in [3.05, 3.63) is 47.2 Å². The first-order valence-electron chi connectivity index (χ1n) is 6.94. The molecule has 0 bridgehead atoms. The van der Waals surface area contributed by atoms with Crippen LogP contribution in [0.25, 0.3) is 0 Å². The highest BCUT2D eigenvalue weighted by Gasteiger charge is 2.15. The third-order valence-corrected chi connectivity index (χ3v) is 3.50. The normalized spacial score (nSPS) is 12.4. The Kier molecular flexibility index (Phi) is 4.79. The summed E-state index contributed by atoms with van der Waals surface area (Å²) in [5.74, 6) is 2.52. The summed E-state index contributed by atoms with van der Waals surface area (Å²) in [4.78, 5) is 4.39. The molecule has 0 fully saturated rings. The van der Waals surface area contributed by atoms with Gasteiger partial charge in [0, 0.05) is 11.6 Å². The molecule has 1 aromatic heterocycles. The second-order valence-electron chi connectivity index (χ2n) is 4.83. The van der Waals surface area contributed by atoms with Crippen molar-refractivity contribution >= 4 is 0 Å². The molecule has 4 nitrogen and oxygen atoms in total. The van der Waals surface area contributed by atoms with E-state index >= 15 is 0 Å². The van der Waals surface area contributed by atoms with Crippen LogP contribution < -0.4 is 10.1 Å². The van der Waals surface area contributed by atoms with Crippen LogP contribution >= 0.6 is 0 Å². The Morgan fingerprint density at radius 2 is 2.05 bits per heavy atom. The molecule has 1 unspecified atom stereocenters. The molecule has 2 rings (SSSR count). The molecule has 4 heteroatoms. The highest BCUT2D eigenvalue weighted by atomic mass is 16.5. The lowest BCUT2D eigenvalue weighted by Gasteiger charge is -2.19. The Morgan fingerprint density at radius 1 is 1.30 bits per heavy atom. The number of nitrogens with zero attached hydrogens (tertiary/aromatic N) is 1. The zero-order valence-electron chi connectivity index (χ0n) is 12.6. The van der Waals surface area contributed by atoms with Gasteiger partial charge in [-0.3, -0.25) is 0 Å². The van der Waals surface area contributed by atoms with Gasteiger partial charge < -0.3 is 14.5 Å². The highest BCUT2D eigenvalue weighted by Crippen LogP contribution is 2.27. The summed E-state index contributed by atoms with van der Waals surface area (Å²) in [5, 5.41) is 3.48. The number of rotatable bonds is 6. The van der Waals surface area contributed by atoms with Crippen molar-refractivity contribution in [3.63, 3.8) is 0 Å². The summed E-state index contributed by atoms with van der Waals surface area (Å²) < 4.78 is 11.0. The number of aromatic nitrogens is 1. The monoisotopic (exact) mass is 274 g/mol. The van der Waals surface area contributed by atoms with E-state index in [1.165, 1.54) is 0 Å². The second kappa shape index (κ2) is 6.57. The summed E-state index contributed by atoms with van der Waals surface area (Å²) >= 11 is 0. The molecular formula is C16H22N2O2. The Bertz CT molecular complexity index is 544. The van der Waals surface area contributed by atoms with Crippen LogP contribution in [0.3, 0.4) is 0 Å². The lowest BCUT2D eigenvalue weighted by Crippen LogP contribution is -2.21. The first-order valence-corrected chi connectivity index (χ1v) is 6.94. The van der Waals surface area contributed by atoms with Crippen LogP contribution in [-0.4, -0.2) is 12.1 Å². The van der Waals surface area contributed by atoms with Crippen LogP contribution in [-0.2, 0) is 6.54 Å². The molecule has 0 aliphatic rings. The molecular weight excluding hydrogens is 252 g/mol. The van der Waals surface area contributed by atoms with Crippen LogP contribution in [0.5, 0.6) is 5.75 Å². The number of ether oxygens (including phenoxy) is 1. The van der Waals surface area contributed by atoms with Crippen LogP contribution in [0.4, 0.5) is 0 Å². The Labute approximate surface area is 120 Å². The van der Waals surface area contributed by atoms with Crippen molar-refractivity contribution in [1.29, 1.82) is 0 Å². The van der Waals surface area contributed by atoms with Gasteiger partial charge in [0.05, 0.1) is 19.3 Å². The van der Waals surface area contributed by atoms with E-state index in [0.717, 1.165) is 35.1 Å². The van der Waals surface area contributed by atoms with Crippen molar-refractivity contribution in [1.82, 2.24) is 10.3 Å². The minimum Gasteiger partial charge on any atom is -0.496 e. The fourth-order valence-corrected chi connectivity index (χ4v) is 2.25. The van der Waals surface area contributed by atoms with Crippen LogP contribution in [0.2, 0.25) is 0 Å². The molecule has 20 heavy (non-hydrogen) atoms. The van der Waals surface area contributed by atoms with Crippen molar-refractivity contribution in [2.45, 2.75) is 39.8 Å². The van der Waals surface area contributed by atoms with E-state index < -0.39 is 0 Å². The van der Waals surface area contributed by atoms with Crippen LogP contribution in [0.15, 0.2) is 28.7 Å². The van der Waals surface area contributed by atoms with Gasteiger partial charge in [-0.25, -0.2) is 4.98 Å². The van der Waals surface area contributed by atoms with E-state index in [1.54, 1.807) is 7.11 Å². The predicted molar refractivity (Wildman–Crippen MR) is 78.8 cm³/mol. The standard InChI is InChI=1S/C16H22N2O2/c1-5-14(13-8-6-7-9-15(13)19-4)17-10-16-18-11(2)12(3)20-16/h6-9,14,17H,5,10H2,1-4H3. The van der Waals surface area contributed by atoms with E-state index in [9.17, 15) is 0 Å². The largest absolute Gasteiger partial charge is 0.496 e. The number of nitrogens with one attached hydrogen (secondary N) is 1. The molecule has 1 heterocycles. The number of methoxy groups -OCH3 is 1. The zero-order chi connectivity index (χ0) is 14.5. The SMILES string of the molecule is CCC(NCc1nc(C)c(C)o1)c1ccccc1OC. The molecule has 0 saturated carbocycles. The zero-order valence-corrected chi connectivity index (χ0v) is 12.6. The number of para-hydroxylation sites is 1. The van der Waals surface area contributed by atoms with E-state index in [-0.39, 0.29) is 6.04 Å². The molecule has 1 aromatic carbocycles. The lowest BCUT2D eigenvalue weighted by molar-refractivity contribution is 0.386. The van der Waals surface area contributed by atoms with Gasteiger partial charge in [-0.1, -0.05) is 25.1 Å². The molecule has 0 saturated heterocycles. The van der Waals surface area contributed by atoms with Gasteiger partial charge in [0.1, 0.15) is 11.5 Å². The van der Waals surface area contributed by atoms with Gasteiger partial charge in [0.15, 0.2) is 0 Å². The molecule has 0 radical (unpaired) electrons. The molecule has 1 atom stereocenters. The minimum absolute atomic E-state index is 0.221. The number of hydrogen-bond acceptors (Lipinski definition) is 4. The maximum atomic E-state index is 5.60. The maximum Gasteiger partial charge on any atom is 0.208 e. The van der Waals surface area contributed by atoms with Crippen molar-refractivity contribution in [2.75, 3.05) is 7.11 Å². The molecule has 0 aliphatic carbocycles. The first kappa shape index (κ1) is 14.6. The molecule has 2 aromatic rings. The third-order valence-electron chi connectivity index (χ3n) is 3.50. The smallest absolute Gasteiger partial charge is 0.208 e. The Morgan fingerprint density at radius 3 is 2.65 bits per heavy atom. The van der Waals surface area contributed by atoms with E-state index in [0.29, 0.717) is 6.54 Å². The molecule has 1 N–H and O–H groups in total. The van der Waals surface area contributed by atoms with Gasteiger partial charge in [-0.05, 0) is 26.3 Å². The van der Waals surface area contributed by atoms with Crippen LogP contribution in [0.1, 0.15) is 42.3 Å². The number of aryl methyl sites for hydroxylation is 2. The van der Waals surface area contributed by atoms with Gasteiger partial charge in [0.25, 0.3) is 0 Å². The van der Waals surface area contributed by atoms with E-state index in [4.69, 9.17) is 9.15 Å². The van der Waals surface area contributed by atoms with Gasteiger partial charge in [-0.2, -0.15) is 0 Å². The Balaban J connectivity index is 2.09. The quantitative estimate of drug-likeness (QED) is 0.875. The van der Waals surface area contributed by atoms with Gasteiger partial charge in [0.2, 0.25) is 5.89 Å². The predicted octanol–water partition coefficient (Wildman–Crippen LogP) is 3.54. The molecule has 108 valence electrons. The van der Waals surface area contributed by atoms with Gasteiger partial charge >= 0.3 is 0 Å². The minimum atomic E-state index is 0.221. The highest BCUT2D eigenvalue weighted by molar-refractivity contribution is 5.35. The summed E-state index contributed by atoms with van der Waals surface area (Å²) in [6, 6.07) is 8.31. The van der Waals surface area contributed by atoms with Crippen LogP contribution in [0, 0.1) is 13.8 Å². The van der Waals surface area contributed by atoms with Crippen molar-refractivity contribution in [3.8, 4) is 5.75 Å². The Hall–Kier alpha value is -1.81. The average Bonchev–Trinajstić information content (AvgIpc) is 2.79. The molecule has 0 amide bonds. The first-order chi connectivity index (χ1) is 9.65. The summed E-state index contributed by atoms with van der Waals surface area (Å²) in [7, 11) is 1.70. The summed E-state index contributed by atoms with van der Waals surface area (Å²) in [6.45, 7) is 6.66. The fourth-order valence-electron chi connectivity index (χ4n) is 2.25. The second-order valence-corrected chi connectivity index (χ2v) is 4.83. The van der Waals surface area contributed by atoms with Gasteiger partial charge in [-0.15, -0.1) is 0 Å². The maximum absolute atomic E-state index is 5.60. The topological polar surface area (TPSA) is 47.3 Å². The number of benzene rings is 1. The lowest BCUT2D eigenvalue weighted by atomic mass is 10.0. The average molecular weight is 274 g/mol. The number of oxazole rings is 1. The third kappa shape index (κ3) is 3.20. The summed E-state index contributed by atoms with van der Waals surface area (Å²) in [5.41, 5.74) is 2.12. The van der Waals surface area contributed by atoms with Crippen molar-refractivity contribution in [2.24, 2.45) is 0 Å². The molecule has 0 aliphatic heterocycles. The van der Waals surface area contributed by atoms with E-state index in [1.807, 2.05) is 32.0 Å². The number of hydrogen-bond donors (Lipinski definition) is 1. The summed E-state index contributed by atoms with van der Waals surface area (Å²) in [6.07, 6.45) is 0.971.